The normalized spacial score (nSPS) is 12.7. The third-order valence-electron chi connectivity index (χ3n) is 2.17. The highest BCUT2D eigenvalue weighted by molar-refractivity contribution is 7.90. The maximum atomic E-state index is 11.5. The number of nitrogens with one attached hydrogen (secondary N) is 1. The summed E-state index contributed by atoms with van der Waals surface area (Å²) < 4.78 is 25.2. The number of carbonyl (C=O) groups is 1. The Labute approximate surface area is 104 Å². The van der Waals surface area contributed by atoms with Crippen molar-refractivity contribution in [2.75, 3.05) is 0 Å². The summed E-state index contributed by atoms with van der Waals surface area (Å²) in [6, 6.07) is 4.35. The van der Waals surface area contributed by atoms with Crippen LogP contribution < -0.4 is 4.72 Å². The summed E-state index contributed by atoms with van der Waals surface area (Å²) in [6.45, 7) is 1.23. The van der Waals surface area contributed by atoms with E-state index in [-0.39, 0.29) is 12.2 Å². The van der Waals surface area contributed by atoms with Crippen molar-refractivity contribution in [3.05, 3.63) is 29.6 Å². The molecule has 0 aromatic carbocycles. The molecule has 8 heteroatoms. The second-order valence-electron chi connectivity index (χ2n) is 3.49. The molecule has 18 heavy (non-hydrogen) atoms. The number of aromatic nitrogens is 1. The number of rotatable bonds is 5. The zero-order valence-corrected chi connectivity index (χ0v) is 10.3. The van der Waals surface area contributed by atoms with Crippen LogP contribution in [0.2, 0.25) is 0 Å². The lowest BCUT2D eigenvalue weighted by Gasteiger charge is -2.07. The van der Waals surface area contributed by atoms with Gasteiger partial charge in [-0.05, 0) is 18.6 Å². The minimum absolute atomic E-state index is 0.0404. The Balaban J connectivity index is 2.71. The summed E-state index contributed by atoms with van der Waals surface area (Å²) in [6.07, 6.45) is 1.27. The smallest absolute Gasteiger partial charge is 0.354 e. The van der Waals surface area contributed by atoms with Crippen molar-refractivity contribution in [2.45, 2.75) is 18.7 Å². The second kappa shape index (κ2) is 5.57. The molecule has 1 atom stereocenters. The third kappa shape index (κ3) is 3.51. The standard InChI is InChI=1S/C10H11N3O4S/c1-7(4-11)18(16,17)13-6-8-2-3-9(10(14)15)12-5-8/h2-3,5,7,13H,6H2,1H3,(H,14,15). The van der Waals surface area contributed by atoms with Gasteiger partial charge in [0.1, 0.15) is 5.69 Å². The summed E-state index contributed by atoms with van der Waals surface area (Å²) in [5, 5.41) is 16.0. The summed E-state index contributed by atoms with van der Waals surface area (Å²) in [5.74, 6) is -1.15. The van der Waals surface area contributed by atoms with Crippen LogP contribution in [0.5, 0.6) is 0 Å². The highest BCUT2D eigenvalue weighted by Crippen LogP contribution is 2.03. The van der Waals surface area contributed by atoms with Crippen LogP contribution in [0.15, 0.2) is 18.3 Å². The third-order valence-corrected chi connectivity index (χ3v) is 3.75. The first-order chi connectivity index (χ1) is 8.36. The quantitative estimate of drug-likeness (QED) is 0.782. The Morgan fingerprint density at radius 1 is 1.61 bits per heavy atom. The first-order valence-electron chi connectivity index (χ1n) is 4.93. The molecule has 0 aliphatic rings. The molecule has 1 heterocycles. The topological polar surface area (TPSA) is 120 Å². The Bertz CT molecular complexity index is 574. The van der Waals surface area contributed by atoms with E-state index in [2.05, 4.69) is 9.71 Å². The summed E-state index contributed by atoms with van der Waals surface area (Å²) in [5.41, 5.74) is 0.390. The fourth-order valence-corrected chi connectivity index (χ4v) is 1.79. The van der Waals surface area contributed by atoms with Crippen LogP contribution in [0.4, 0.5) is 0 Å². The minimum Gasteiger partial charge on any atom is -0.477 e. The fraction of sp³-hybridized carbons (Fsp3) is 0.300. The first kappa shape index (κ1) is 14.1. The van der Waals surface area contributed by atoms with Gasteiger partial charge in [-0.3, -0.25) is 0 Å². The Kier molecular flexibility index (Phi) is 4.36. The summed E-state index contributed by atoms with van der Waals surface area (Å²) >= 11 is 0. The van der Waals surface area contributed by atoms with Crippen LogP contribution in [0.1, 0.15) is 23.0 Å². The molecule has 0 amide bonds. The number of nitriles is 1. The number of pyridine rings is 1. The van der Waals surface area contributed by atoms with Crippen molar-refractivity contribution in [3.8, 4) is 6.07 Å². The highest BCUT2D eigenvalue weighted by atomic mass is 32.2. The molecule has 2 N–H and O–H groups in total. The molecule has 0 saturated carbocycles. The molecule has 0 fully saturated rings. The van der Waals surface area contributed by atoms with Crippen molar-refractivity contribution in [1.82, 2.24) is 9.71 Å². The molecule has 1 unspecified atom stereocenters. The van der Waals surface area contributed by atoms with Crippen LogP contribution in [-0.4, -0.2) is 29.7 Å². The van der Waals surface area contributed by atoms with Gasteiger partial charge in [0, 0.05) is 12.7 Å². The maximum absolute atomic E-state index is 11.5. The van der Waals surface area contributed by atoms with Crippen molar-refractivity contribution in [2.24, 2.45) is 0 Å². The number of nitrogens with zero attached hydrogens (tertiary/aromatic N) is 2. The van der Waals surface area contributed by atoms with Crippen LogP contribution >= 0.6 is 0 Å². The Hall–Kier alpha value is -1.98. The van der Waals surface area contributed by atoms with Gasteiger partial charge in [0.2, 0.25) is 10.0 Å². The van der Waals surface area contributed by atoms with E-state index in [1.165, 1.54) is 25.3 Å². The molecule has 1 aromatic heterocycles. The summed E-state index contributed by atoms with van der Waals surface area (Å²) in [7, 11) is -3.69. The van der Waals surface area contributed by atoms with Crippen LogP contribution in [-0.2, 0) is 16.6 Å². The number of aromatic carboxylic acids is 1. The van der Waals surface area contributed by atoms with Gasteiger partial charge in [-0.2, -0.15) is 5.26 Å². The zero-order chi connectivity index (χ0) is 13.8. The SMILES string of the molecule is CC(C#N)S(=O)(=O)NCc1ccc(C(=O)O)nc1. The number of sulfonamides is 1. The number of hydrogen-bond acceptors (Lipinski definition) is 5. The van der Waals surface area contributed by atoms with Crippen LogP contribution in [0, 0.1) is 11.3 Å². The molecular formula is C10H11N3O4S. The lowest BCUT2D eigenvalue weighted by Crippen LogP contribution is -2.31. The van der Waals surface area contributed by atoms with E-state index < -0.39 is 21.2 Å². The van der Waals surface area contributed by atoms with E-state index in [9.17, 15) is 13.2 Å². The van der Waals surface area contributed by atoms with Gasteiger partial charge in [-0.15, -0.1) is 0 Å². The van der Waals surface area contributed by atoms with Gasteiger partial charge >= 0.3 is 5.97 Å². The monoisotopic (exact) mass is 269 g/mol. The molecule has 0 saturated heterocycles. The molecule has 0 radical (unpaired) electrons. The lowest BCUT2D eigenvalue weighted by atomic mass is 10.2. The van der Waals surface area contributed by atoms with E-state index in [0.29, 0.717) is 5.56 Å². The van der Waals surface area contributed by atoms with Crippen molar-refractivity contribution >= 4 is 16.0 Å². The number of hydrogen-bond donors (Lipinski definition) is 2. The van der Waals surface area contributed by atoms with Gasteiger partial charge in [0.25, 0.3) is 0 Å². The van der Waals surface area contributed by atoms with Crippen molar-refractivity contribution in [3.63, 3.8) is 0 Å². The Morgan fingerprint density at radius 2 is 2.28 bits per heavy atom. The summed E-state index contributed by atoms with van der Waals surface area (Å²) in [4.78, 5) is 14.2. The van der Waals surface area contributed by atoms with Crippen molar-refractivity contribution in [1.29, 1.82) is 5.26 Å². The molecule has 0 aliphatic heterocycles. The van der Waals surface area contributed by atoms with E-state index in [4.69, 9.17) is 10.4 Å². The van der Waals surface area contributed by atoms with Crippen LogP contribution in [0.25, 0.3) is 0 Å². The Morgan fingerprint density at radius 3 is 2.72 bits per heavy atom. The first-order valence-corrected chi connectivity index (χ1v) is 6.48. The average molecular weight is 269 g/mol. The van der Waals surface area contributed by atoms with Gasteiger partial charge in [-0.25, -0.2) is 22.9 Å². The van der Waals surface area contributed by atoms with Crippen LogP contribution in [0.3, 0.4) is 0 Å². The highest BCUT2D eigenvalue weighted by Gasteiger charge is 2.19. The largest absolute Gasteiger partial charge is 0.477 e. The fourth-order valence-electron chi connectivity index (χ4n) is 1.03. The minimum atomic E-state index is -3.69. The lowest BCUT2D eigenvalue weighted by molar-refractivity contribution is 0.0690. The molecule has 0 aliphatic carbocycles. The van der Waals surface area contributed by atoms with Gasteiger partial charge in [-0.1, -0.05) is 6.07 Å². The molecule has 96 valence electrons. The van der Waals surface area contributed by atoms with E-state index in [1.807, 2.05) is 0 Å². The van der Waals surface area contributed by atoms with Gasteiger partial charge < -0.3 is 5.11 Å². The number of carboxylic acid groups (broad SMARTS) is 1. The molecule has 0 bridgehead atoms. The molecular weight excluding hydrogens is 258 g/mol. The maximum Gasteiger partial charge on any atom is 0.354 e. The molecule has 1 aromatic rings. The zero-order valence-electron chi connectivity index (χ0n) is 9.49. The predicted octanol–water partition coefficient (Wildman–Crippen LogP) is 0.111. The van der Waals surface area contributed by atoms with E-state index >= 15 is 0 Å². The van der Waals surface area contributed by atoms with Crippen molar-refractivity contribution < 1.29 is 18.3 Å². The van der Waals surface area contributed by atoms with E-state index in [0.717, 1.165) is 0 Å². The number of carboxylic acids is 1. The molecule has 7 nitrogen and oxygen atoms in total. The predicted molar refractivity (Wildman–Crippen MR) is 62.0 cm³/mol. The molecule has 1 rings (SSSR count). The average Bonchev–Trinajstić information content (AvgIpc) is 2.35. The van der Waals surface area contributed by atoms with Gasteiger partial charge in [0.15, 0.2) is 5.25 Å². The van der Waals surface area contributed by atoms with E-state index in [1.54, 1.807) is 6.07 Å². The molecule has 0 spiro atoms. The second-order valence-corrected chi connectivity index (χ2v) is 5.58. The van der Waals surface area contributed by atoms with Gasteiger partial charge in [0.05, 0.1) is 6.07 Å².